The second-order valence-electron chi connectivity index (χ2n) is 5.44. The molecule has 0 amide bonds. The zero-order valence-electron chi connectivity index (χ0n) is 11.4. The van der Waals surface area contributed by atoms with Gasteiger partial charge in [-0.05, 0) is 57.6 Å². The Labute approximate surface area is 119 Å². The minimum Gasteiger partial charge on any atom is -0.308 e. The summed E-state index contributed by atoms with van der Waals surface area (Å²) in [7, 11) is 4.29. The first-order valence-electron chi connectivity index (χ1n) is 6.78. The molecule has 1 aliphatic rings. The molecule has 1 fully saturated rings. The van der Waals surface area contributed by atoms with E-state index in [-0.39, 0.29) is 0 Å². The van der Waals surface area contributed by atoms with E-state index in [9.17, 15) is 0 Å². The highest BCUT2D eigenvalue weighted by Crippen LogP contribution is 2.32. The van der Waals surface area contributed by atoms with E-state index in [4.69, 9.17) is 0 Å². The van der Waals surface area contributed by atoms with Crippen molar-refractivity contribution in [1.29, 1.82) is 0 Å². The SMILES string of the molecule is CN(C)CCN1CCC(c2ccccc2Br)CC1. The van der Waals surface area contributed by atoms with Crippen molar-refractivity contribution in [2.75, 3.05) is 40.3 Å². The minimum atomic E-state index is 0.733. The summed E-state index contributed by atoms with van der Waals surface area (Å²) in [4.78, 5) is 4.85. The van der Waals surface area contributed by atoms with Gasteiger partial charge in [-0.1, -0.05) is 34.1 Å². The van der Waals surface area contributed by atoms with Crippen LogP contribution in [0, 0.1) is 0 Å². The van der Waals surface area contributed by atoms with Gasteiger partial charge in [-0.3, -0.25) is 0 Å². The monoisotopic (exact) mass is 310 g/mol. The lowest BCUT2D eigenvalue weighted by Crippen LogP contribution is -2.37. The fourth-order valence-electron chi connectivity index (χ4n) is 2.62. The molecule has 1 aliphatic heterocycles. The van der Waals surface area contributed by atoms with Crippen LogP contribution in [0.5, 0.6) is 0 Å². The lowest BCUT2D eigenvalue weighted by molar-refractivity contribution is 0.193. The Bertz CT molecular complexity index is 371. The molecule has 0 unspecified atom stereocenters. The summed E-state index contributed by atoms with van der Waals surface area (Å²) in [5.41, 5.74) is 1.49. The van der Waals surface area contributed by atoms with E-state index in [1.54, 1.807) is 0 Å². The molecule has 1 aromatic rings. The lowest BCUT2D eigenvalue weighted by atomic mass is 9.89. The van der Waals surface area contributed by atoms with E-state index < -0.39 is 0 Å². The summed E-state index contributed by atoms with van der Waals surface area (Å²) >= 11 is 3.68. The van der Waals surface area contributed by atoms with Crippen LogP contribution in [0.15, 0.2) is 28.7 Å². The molecular weight excluding hydrogens is 288 g/mol. The van der Waals surface area contributed by atoms with Gasteiger partial charge in [0.05, 0.1) is 0 Å². The lowest BCUT2D eigenvalue weighted by Gasteiger charge is -2.33. The van der Waals surface area contributed by atoms with Crippen molar-refractivity contribution < 1.29 is 0 Å². The van der Waals surface area contributed by atoms with Crippen LogP contribution >= 0.6 is 15.9 Å². The number of piperidine rings is 1. The van der Waals surface area contributed by atoms with Crippen molar-refractivity contribution in [2.45, 2.75) is 18.8 Å². The molecule has 1 aromatic carbocycles. The van der Waals surface area contributed by atoms with Gasteiger partial charge < -0.3 is 9.80 Å². The summed E-state index contributed by atoms with van der Waals surface area (Å²) in [5, 5.41) is 0. The molecule has 0 aliphatic carbocycles. The highest BCUT2D eigenvalue weighted by molar-refractivity contribution is 9.10. The Kier molecular flexibility index (Phi) is 5.22. The molecule has 0 N–H and O–H groups in total. The second-order valence-corrected chi connectivity index (χ2v) is 6.30. The van der Waals surface area contributed by atoms with Crippen LogP contribution in [0.3, 0.4) is 0 Å². The molecule has 2 rings (SSSR count). The van der Waals surface area contributed by atoms with Gasteiger partial charge in [0.2, 0.25) is 0 Å². The Morgan fingerprint density at radius 2 is 1.89 bits per heavy atom. The molecule has 1 saturated heterocycles. The van der Waals surface area contributed by atoms with Crippen LogP contribution in [0.4, 0.5) is 0 Å². The van der Waals surface area contributed by atoms with Crippen molar-refractivity contribution in [3.63, 3.8) is 0 Å². The summed E-state index contributed by atoms with van der Waals surface area (Å²) in [6.07, 6.45) is 2.58. The minimum absolute atomic E-state index is 0.733. The van der Waals surface area contributed by atoms with Gasteiger partial charge >= 0.3 is 0 Å². The highest BCUT2D eigenvalue weighted by Gasteiger charge is 2.21. The Hall–Kier alpha value is -0.380. The first kappa shape index (κ1) is 14.0. The maximum absolute atomic E-state index is 3.68. The van der Waals surface area contributed by atoms with Crippen molar-refractivity contribution >= 4 is 15.9 Å². The van der Waals surface area contributed by atoms with Crippen molar-refractivity contribution in [1.82, 2.24) is 9.80 Å². The molecule has 0 spiro atoms. The summed E-state index contributed by atoms with van der Waals surface area (Å²) in [5.74, 6) is 0.733. The van der Waals surface area contributed by atoms with Gasteiger partial charge in [-0.25, -0.2) is 0 Å². The number of hydrogen-bond donors (Lipinski definition) is 0. The zero-order valence-corrected chi connectivity index (χ0v) is 13.0. The van der Waals surface area contributed by atoms with Crippen molar-refractivity contribution in [2.24, 2.45) is 0 Å². The maximum Gasteiger partial charge on any atom is 0.0210 e. The standard InChI is InChI=1S/C15H23BrN2/c1-17(2)11-12-18-9-7-13(8-10-18)14-5-3-4-6-15(14)16/h3-6,13H,7-12H2,1-2H3. The molecule has 100 valence electrons. The number of likely N-dealkylation sites (tertiary alicyclic amines) is 1. The van der Waals surface area contributed by atoms with Gasteiger partial charge in [0.25, 0.3) is 0 Å². The largest absolute Gasteiger partial charge is 0.308 e. The number of benzene rings is 1. The van der Waals surface area contributed by atoms with Crippen LogP contribution in [-0.4, -0.2) is 50.1 Å². The van der Waals surface area contributed by atoms with Crippen LogP contribution in [0.2, 0.25) is 0 Å². The van der Waals surface area contributed by atoms with Crippen LogP contribution in [0.25, 0.3) is 0 Å². The topological polar surface area (TPSA) is 6.48 Å². The molecule has 0 saturated carbocycles. The van der Waals surface area contributed by atoms with E-state index in [1.807, 2.05) is 0 Å². The third kappa shape index (κ3) is 3.81. The molecule has 2 nitrogen and oxygen atoms in total. The van der Waals surface area contributed by atoms with E-state index in [1.165, 1.54) is 49.1 Å². The number of rotatable bonds is 4. The average Bonchev–Trinajstić information content (AvgIpc) is 2.38. The summed E-state index contributed by atoms with van der Waals surface area (Å²) < 4.78 is 1.27. The highest BCUT2D eigenvalue weighted by atomic mass is 79.9. The fourth-order valence-corrected chi connectivity index (χ4v) is 3.22. The van der Waals surface area contributed by atoms with Gasteiger partial charge in [0, 0.05) is 17.6 Å². The number of nitrogens with zero attached hydrogens (tertiary/aromatic N) is 2. The molecule has 18 heavy (non-hydrogen) atoms. The van der Waals surface area contributed by atoms with Gasteiger partial charge in [-0.15, -0.1) is 0 Å². The van der Waals surface area contributed by atoms with E-state index in [2.05, 4.69) is 64.1 Å². The molecule has 0 radical (unpaired) electrons. The fraction of sp³-hybridized carbons (Fsp3) is 0.600. The number of halogens is 1. The van der Waals surface area contributed by atoms with Crippen molar-refractivity contribution in [3.05, 3.63) is 34.3 Å². The van der Waals surface area contributed by atoms with Crippen molar-refractivity contribution in [3.8, 4) is 0 Å². The first-order valence-corrected chi connectivity index (χ1v) is 7.57. The maximum atomic E-state index is 3.68. The van der Waals surface area contributed by atoms with Crippen LogP contribution < -0.4 is 0 Å². The third-order valence-electron chi connectivity index (χ3n) is 3.80. The quantitative estimate of drug-likeness (QED) is 0.842. The molecule has 3 heteroatoms. The third-order valence-corrected chi connectivity index (χ3v) is 4.52. The zero-order chi connectivity index (χ0) is 13.0. The molecular formula is C15H23BrN2. The Morgan fingerprint density at radius 1 is 1.22 bits per heavy atom. The number of hydrogen-bond acceptors (Lipinski definition) is 2. The summed E-state index contributed by atoms with van der Waals surface area (Å²) in [6.45, 7) is 4.84. The van der Waals surface area contributed by atoms with E-state index >= 15 is 0 Å². The van der Waals surface area contributed by atoms with Gasteiger partial charge in [-0.2, -0.15) is 0 Å². The average molecular weight is 311 g/mol. The molecule has 1 heterocycles. The molecule has 0 aromatic heterocycles. The first-order chi connectivity index (χ1) is 8.66. The second kappa shape index (κ2) is 6.69. The van der Waals surface area contributed by atoms with Gasteiger partial charge in [0.1, 0.15) is 0 Å². The smallest absolute Gasteiger partial charge is 0.0210 e. The Balaban J connectivity index is 1.85. The van der Waals surface area contributed by atoms with Gasteiger partial charge in [0.15, 0.2) is 0 Å². The predicted octanol–water partition coefficient (Wildman–Crippen LogP) is 3.19. The predicted molar refractivity (Wildman–Crippen MR) is 81.1 cm³/mol. The van der Waals surface area contributed by atoms with E-state index in [0.717, 1.165) is 5.92 Å². The van der Waals surface area contributed by atoms with Crippen LogP contribution in [0.1, 0.15) is 24.3 Å². The molecule has 0 atom stereocenters. The summed E-state index contributed by atoms with van der Waals surface area (Å²) in [6, 6.07) is 8.68. The number of likely N-dealkylation sites (N-methyl/N-ethyl adjacent to an activating group) is 1. The van der Waals surface area contributed by atoms with E-state index in [0.29, 0.717) is 0 Å². The Morgan fingerprint density at radius 3 is 2.50 bits per heavy atom. The molecule has 0 bridgehead atoms. The van der Waals surface area contributed by atoms with Crippen LogP contribution in [-0.2, 0) is 0 Å². The normalized spacial score (nSPS) is 18.4.